The average Bonchev–Trinajstić information content (AvgIpc) is 2.53. The summed E-state index contributed by atoms with van der Waals surface area (Å²) in [6.07, 6.45) is 2.42. The van der Waals surface area contributed by atoms with Crippen molar-refractivity contribution in [3.63, 3.8) is 0 Å². The summed E-state index contributed by atoms with van der Waals surface area (Å²) in [6, 6.07) is 0.484. The van der Waals surface area contributed by atoms with Crippen LogP contribution in [0.15, 0.2) is 0 Å². The van der Waals surface area contributed by atoms with Crippen LogP contribution in [0.2, 0.25) is 0 Å². The van der Waals surface area contributed by atoms with Crippen LogP contribution < -0.4 is 5.32 Å². The molecule has 0 spiro atoms. The number of hydrogen-bond acceptors (Lipinski definition) is 4. The van der Waals surface area contributed by atoms with E-state index in [4.69, 9.17) is 0 Å². The average molecular weight is 213 g/mol. The third-order valence-corrected chi connectivity index (χ3v) is 3.37. The first-order valence-corrected chi connectivity index (χ1v) is 6.01. The van der Waals surface area contributed by atoms with E-state index < -0.39 is 0 Å². The molecule has 1 atom stereocenters. The molecule has 1 aromatic heterocycles. The van der Waals surface area contributed by atoms with Crippen molar-refractivity contribution in [1.29, 1.82) is 0 Å². The van der Waals surface area contributed by atoms with Gasteiger partial charge >= 0.3 is 0 Å². The lowest BCUT2D eigenvalue weighted by Gasteiger charge is -2.21. The maximum Gasteiger partial charge on any atom is 0.202 e. The predicted octanol–water partition coefficient (Wildman–Crippen LogP) is 3.08. The lowest BCUT2D eigenvalue weighted by molar-refractivity contribution is 0.437. The van der Waals surface area contributed by atoms with Gasteiger partial charge < -0.3 is 5.32 Å². The minimum Gasteiger partial charge on any atom is -0.358 e. The Balaban J connectivity index is 2.51. The van der Waals surface area contributed by atoms with Gasteiger partial charge in [0, 0.05) is 17.6 Å². The molecule has 0 amide bonds. The Hall–Kier alpha value is -0.640. The summed E-state index contributed by atoms with van der Waals surface area (Å²) in [7, 11) is 0. The van der Waals surface area contributed by atoms with Crippen molar-refractivity contribution in [3.8, 4) is 0 Å². The molecule has 0 saturated heterocycles. The molecule has 1 N–H and O–H groups in total. The Bertz CT molecular complexity index is 268. The number of aromatic nitrogens is 2. The summed E-state index contributed by atoms with van der Waals surface area (Å²) in [5, 5.41) is 4.36. The van der Waals surface area contributed by atoms with Gasteiger partial charge in [0.2, 0.25) is 5.13 Å². The van der Waals surface area contributed by atoms with Crippen molar-refractivity contribution in [1.82, 2.24) is 9.36 Å². The minimum atomic E-state index is 0.484. The molecule has 80 valence electrons. The van der Waals surface area contributed by atoms with E-state index in [2.05, 4.69) is 35.4 Å². The highest BCUT2D eigenvalue weighted by Crippen LogP contribution is 2.18. The molecule has 1 aromatic rings. The molecule has 4 heteroatoms. The van der Waals surface area contributed by atoms with E-state index >= 15 is 0 Å². The molecule has 1 heterocycles. The van der Waals surface area contributed by atoms with Crippen LogP contribution in [0.3, 0.4) is 0 Å². The smallest absolute Gasteiger partial charge is 0.202 e. The summed E-state index contributed by atoms with van der Waals surface area (Å²) in [5.41, 5.74) is 0. The SMILES string of the molecule is CCC(CC)C(C)Nc1nc(C)ns1. The van der Waals surface area contributed by atoms with Crippen molar-refractivity contribution < 1.29 is 0 Å². The van der Waals surface area contributed by atoms with Crippen LogP contribution in [-0.2, 0) is 0 Å². The van der Waals surface area contributed by atoms with Crippen molar-refractivity contribution in [2.45, 2.75) is 46.6 Å². The van der Waals surface area contributed by atoms with E-state index in [-0.39, 0.29) is 0 Å². The van der Waals surface area contributed by atoms with Gasteiger partial charge in [0.25, 0.3) is 0 Å². The third-order valence-electron chi connectivity index (χ3n) is 2.63. The van der Waals surface area contributed by atoms with Crippen LogP contribution in [0.25, 0.3) is 0 Å². The lowest BCUT2D eigenvalue weighted by atomic mass is 9.96. The first-order valence-electron chi connectivity index (χ1n) is 5.24. The Kier molecular flexibility index (Phi) is 4.32. The number of hydrogen-bond donors (Lipinski definition) is 1. The van der Waals surface area contributed by atoms with Crippen molar-refractivity contribution >= 4 is 16.7 Å². The molecule has 1 rings (SSSR count). The molecule has 0 saturated carbocycles. The van der Waals surface area contributed by atoms with Gasteiger partial charge in [0.15, 0.2) is 0 Å². The maximum absolute atomic E-state index is 4.30. The van der Waals surface area contributed by atoms with Crippen molar-refractivity contribution in [2.75, 3.05) is 5.32 Å². The second kappa shape index (κ2) is 5.29. The van der Waals surface area contributed by atoms with E-state index in [1.807, 2.05) is 6.92 Å². The topological polar surface area (TPSA) is 37.8 Å². The normalized spacial score (nSPS) is 13.2. The molecular weight excluding hydrogens is 194 g/mol. The molecule has 0 fully saturated rings. The molecule has 0 aromatic carbocycles. The van der Waals surface area contributed by atoms with Gasteiger partial charge in [0.1, 0.15) is 5.82 Å². The molecule has 0 bridgehead atoms. The maximum atomic E-state index is 4.30. The highest BCUT2D eigenvalue weighted by molar-refractivity contribution is 7.09. The Morgan fingerprint density at radius 1 is 1.36 bits per heavy atom. The van der Waals surface area contributed by atoms with Gasteiger partial charge in [-0.2, -0.15) is 4.37 Å². The van der Waals surface area contributed by atoms with Crippen LogP contribution in [-0.4, -0.2) is 15.4 Å². The fourth-order valence-corrected chi connectivity index (χ4v) is 2.34. The summed E-state index contributed by atoms with van der Waals surface area (Å²) in [4.78, 5) is 4.30. The minimum absolute atomic E-state index is 0.484. The molecule has 3 nitrogen and oxygen atoms in total. The number of anilines is 1. The summed E-state index contributed by atoms with van der Waals surface area (Å²) in [6.45, 7) is 8.60. The fourth-order valence-electron chi connectivity index (χ4n) is 1.66. The van der Waals surface area contributed by atoms with Gasteiger partial charge in [0.05, 0.1) is 0 Å². The van der Waals surface area contributed by atoms with E-state index in [9.17, 15) is 0 Å². The lowest BCUT2D eigenvalue weighted by Crippen LogP contribution is -2.24. The number of aryl methyl sites for hydroxylation is 1. The molecule has 0 aliphatic heterocycles. The summed E-state index contributed by atoms with van der Waals surface area (Å²) in [5.74, 6) is 1.58. The van der Waals surface area contributed by atoms with Crippen LogP contribution in [0.1, 0.15) is 39.4 Å². The summed E-state index contributed by atoms with van der Waals surface area (Å²) < 4.78 is 4.15. The monoisotopic (exact) mass is 213 g/mol. The standard InChI is InChI=1S/C10H19N3S/c1-5-9(6-2)7(3)11-10-12-8(4)13-14-10/h7,9H,5-6H2,1-4H3,(H,11,12,13). The first-order chi connectivity index (χ1) is 6.67. The third kappa shape index (κ3) is 2.94. The molecule has 14 heavy (non-hydrogen) atoms. The first kappa shape index (κ1) is 11.4. The zero-order chi connectivity index (χ0) is 10.6. The molecule has 1 unspecified atom stereocenters. The Labute approximate surface area is 90.1 Å². The van der Waals surface area contributed by atoms with Crippen molar-refractivity contribution in [3.05, 3.63) is 5.82 Å². The zero-order valence-electron chi connectivity index (χ0n) is 9.37. The predicted molar refractivity (Wildman–Crippen MR) is 61.8 cm³/mol. The highest BCUT2D eigenvalue weighted by atomic mass is 32.1. The number of nitrogens with zero attached hydrogens (tertiary/aromatic N) is 2. The number of nitrogens with one attached hydrogen (secondary N) is 1. The van der Waals surface area contributed by atoms with Crippen LogP contribution in [0.5, 0.6) is 0 Å². The molecular formula is C10H19N3S. The quantitative estimate of drug-likeness (QED) is 0.816. The molecule has 0 aliphatic rings. The van der Waals surface area contributed by atoms with Crippen molar-refractivity contribution in [2.24, 2.45) is 5.92 Å². The van der Waals surface area contributed by atoms with Crippen LogP contribution in [0, 0.1) is 12.8 Å². The van der Waals surface area contributed by atoms with Crippen LogP contribution >= 0.6 is 11.5 Å². The van der Waals surface area contributed by atoms with E-state index in [0.29, 0.717) is 6.04 Å². The van der Waals surface area contributed by atoms with Gasteiger partial charge in [-0.3, -0.25) is 0 Å². The van der Waals surface area contributed by atoms with Gasteiger partial charge in [-0.1, -0.05) is 26.7 Å². The fraction of sp³-hybridized carbons (Fsp3) is 0.800. The van der Waals surface area contributed by atoms with Crippen LogP contribution in [0.4, 0.5) is 5.13 Å². The van der Waals surface area contributed by atoms with E-state index in [1.54, 1.807) is 0 Å². The van der Waals surface area contributed by atoms with E-state index in [1.165, 1.54) is 24.4 Å². The molecule has 0 aliphatic carbocycles. The second-order valence-corrected chi connectivity index (χ2v) is 4.41. The van der Waals surface area contributed by atoms with Gasteiger partial charge in [-0.25, -0.2) is 4.98 Å². The van der Waals surface area contributed by atoms with E-state index in [0.717, 1.165) is 16.9 Å². The number of rotatable bonds is 5. The summed E-state index contributed by atoms with van der Waals surface area (Å²) >= 11 is 1.44. The highest BCUT2D eigenvalue weighted by Gasteiger charge is 2.14. The largest absolute Gasteiger partial charge is 0.358 e. The zero-order valence-corrected chi connectivity index (χ0v) is 10.2. The second-order valence-electron chi connectivity index (χ2n) is 3.66. The molecule has 0 radical (unpaired) electrons. The van der Waals surface area contributed by atoms with Gasteiger partial charge in [-0.15, -0.1) is 0 Å². The van der Waals surface area contributed by atoms with Gasteiger partial charge in [-0.05, 0) is 19.8 Å². The Morgan fingerprint density at radius 2 is 2.00 bits per heavy atom. The Morgan fingerprint density at radius 3 is 2.43 bits per heavy atom.